The number of fused-ring (bicyclic) bond motifs is 1. The Morgan fingerprint density at radius 2 is 2.00 bits per heavy atom. The lowest BCUT2D eigenvalue weighted by Crippen LogP contribution is -2.46. The number of nitrogens with zero attached hydrogens (tertiary/aromatic N) is 4. The van der Waals surface area contributed by atoms with Crippen molar-refractivity contribution >= 4 is 27.4 Å². The normalized spacial score (nSPS) is 24.3. The second kappa shape index (κ2) is 6.51. The van der Waals surface area contributed by atoms with Crippen molar-refractivity contribution in [3.63, 3.8) is 0 Å². The molecular formula is C16H22N4O3S. The number of carbonyl (C=O) groups excluding carboxylic acids is 1. The third kappa shape index (κ3) is 3.02. The second-order valence-corrected chi connectivity index (χ2v) is 7.40. The van der Waals surface area contributed by atoms with Crippen molar-refractivity contribution in [1.82, 2.24) is 14.6 Å². The fraction of sp³-hybridized carbons (Fsp3) is 0.625. The van der Waals surface area contributed by atoms with Gasteiger partial charge in [0.25, 0.3) is 5.56 Å². The molecule has 0 spiro atoms. The SMILES string of the molecule is CCOC(=O)c1cc(=O)nc2sc(N3C(C)CC(C)CC3C)nn12. The number of rotatable bonds is 3. The van der Waals surface area contributed by atoms with E-state index in [-0.39, 0.29) is 12.3 Å². The zero-order chi connectivity index (χ0) is 17.4. The molecule has 7 nitrogen and oxygen atoms in total. The van der Waals surface area contributed by atoms with Crippen LogP contribution in [0, 0.1) is 5.92 Å². The Hall–Kier alpha value is -1.96. The van der Waals surface area contributed by atoms with Gasteiger partial charge in [0.05, 0.1) is 6.61 Å². The molecule has 2 aromatic rings. The lowest BCUT2D eigenvalue weighted by Gasteiger charge is -2.41. The monoisotopic (exact) mass is 350 g/mol. The van der Waals surface area contributed by atoms with Gasteiger partial charge >= 0.3 is 5.97 Å². The van der Waals surface area contributed by atoms with Crippen molar-refractivity contribution in [2.75, 3.05) is 11.5 Å². The van der Waals surface area contributed by atoms with Crippen molar-refractivity contribution in [3.8, 4) is 0 Å². The maximum absolute atomic E-state index is 12.1. The number of aromatic nitrogens is 3. The molecule has 0 N–H and O–H groups in total. The molecule has 0 radical (unpaired) electrons. The zero-order valence-corrected chi connectivity index (χ0v) is 15.2. The van der Waals surface area contributed by atoms with E-state index in [1.54, 1.807) is 6.92 Å². The standard InChI is InChI=1S/C16H22N4O3S/c1-5-23-14(22)12-8-13(21)17-15-20(12)18-16(24-15)19-10(3)6-9(2)7-11(19)4/h8-11H,5-7H2,1-4H3. The predicted molar refractivity (Wildman–Crippen MR) is 92.9 cm³/mol. The first-order valence-corrected chi connectivity index (χ1v) is 9.08. The molecular weight excluding hydrogens is 328 g/mol. The molecule has 3 heterocycles. The summed E-state index contributed by atoms with van der Waals surface area (Å²) in [7, 11) is 0. The zero-order valence-electron chi connectivity index (χ0n) is 14.4. The minimum Gasteiger partial charge on any atom is -0.461 e. The Bertz CT molecular complexity index is 803. The van der Waals surface area contributed by atoms with Crippen LogP contribution in [0.3, 0.4) is 0 Å². The van der Waals surface area contributed by atoms with Gasteiger partial charge in [0.1, 0.15) is 0 Å². The van der Waals surface area contributed by atoms with E-state index in [9.17, 15) is 9.59 Å². The Kier molecular flexibility index (Phi) is 4.58. The molecule has 8 heteroatoms. The summed E-state index contributed by atoms with van der Waals surface area (Å²) in [6.45, 7) is 8.60. The smallest absolute Gasteiger partial charge is 0.357 e. The highest BCUT2D eigenvalue weighted by atomic mass is 32.1. The fourth-order valence-corrected chi connectivity index (χ4v) is 4.67. The van der Waals surface area contributed by atoms with Gasteiger partial charge in [-0.25, -0.2) is 4.79 Å². The van der Waals surface area contributed by atoms with Crippen LogP contribution >= 0.6 is 11.3 Å². The van der Waals surface area contributed by atoms with Crippen LogP contribution in [-0.4, -0.2) is 39.3 Å². The van der Waals surface area contributed by atoms with Crippen LogP contribution in [0.5, 0.6) is 0 Å². The Morgan fingerprint density at radius 1 is 1.33 bits per heavy atom. The summed E-state index contributed by atoms with van der Waals surface area (Å²) in [4.78, 5) is 30.6. The summed E-state index contributed by atoms with van der Waals surface area (Å²) < 4.78 is 6.45. The van der Waals surface area contributed by atoms with Gasteiger partial charge in [-0.05, 0) is 39.5 Å². The molecule has 2 unspecified atom stereocenters. The van der Waals surface area contributed by atoms with Crippen molar-refractivity contribution < 1.29 is 9.53 Å². The predicted octanol–water partition coefficient (Wildman–Crippen LogP) is 2.34. The number of esters is 1. The summed E-state index contributed by atoms with van der Waals surface area (Å²) in [5, 5.41) is 5.35. The van der Waals surface area contributed by atoms with Crippen molar-refractivity contribution in [2.45, 2.75) is 52.6 Å². The summed E-state index contributed by atoms with van der Waals surface area (Å²) in [5.41, 5.74) is -0.332. The molecule has 24 heavy (non-hydrogen) atoms. The lowest BCUT2D eigenvalue weighted by atomic mass is 9.89. The second-order valence-electron chi connectivity index (χ2n) is 6.46. The van der Waals surface area contributed by atoms with Crippen LogP contribution in [0.15, 0.2) is 10.9 Å². The lowest BCUT2D eigenvalue weighted by molar-refractivity contribution is 0.0516. The Morgan fingerprint density at radius 3 is 2.62 bits per heavy atom. The first-order valence-electron chi connectivity index (χ1n) is 8.27. The molecule has 1 saturated heterocycles. The van der Waals surface area contributed by atoms with Gasteiger partial charge in [-0.3, -0.25) is 4.79 Å². The molecule has 0 bridgehead atoms. The first kappa shape index (κ1) is 16.9. The number of hydrogen-bond donors (Lipinski definition) is 0. The van der Waals surface area contributed by atoms with Crippen molar-refractivity contribution in [1.29, 1.82) is 0 Å². The van der Waals surface area contributed by atoms with Crippen molar-refractivity contribution in [3.05, 3.63) is 22.1 Å². The van der Waals surface area contributed by atoms with Gasteiger partial charge in [-0.15, -0.1) is 5.10 Å². The molecule has 1 fully saturated rings. The molecule has 0 aromatic carbocycles. The van der Waals surface area contributed by atoms with E-state index < -0.39 is 11.5 Å². The van der Waals surface area contributed by atoms with Gasteiger partial charge in [0.15, 0.2) is 5.69 Å². The summed E-state index contributed by atoms with van der Waals surface area (Å²) >= 11 is 1.34. The summed E-state index contributed by atoms with van der Waals surface area (Å²) in [6.07, 6.45) is 2.19. The maximum atomic E-state index is 12.1. The largest absolute Gasteiger partial charge is 0.461 e. The summed E-state index contributed by atoms with van der Waals surface area (Å²) in [5.74, 6) is 0.118. The number of ether oxygens (including phenoxy) is 1. The topological polar surface area (TPSA) is 76.8 Å². The molecule has 1 aliphatic heterocycles. The summed E-state index contributed by atoms with van der Waals surface area (Å²) in [6, 6.07) is 1.88. The van der Waals surface area contributed by atoms with E-state index in [1.165, 1.54) is 21.9 Å². The van der Waals surface area contributed by atoms with Crippen LogP contribution < -0.4 is 10.5 Å². The molecule has 1 aliphatic rings. The minimum absolute atomic E-state index is 0.125. The highest BCUT2D eigenvalue weighted by Crippen LogP contribution is 2.34. The van der Waals surface area contributed by atoms with Crippen LogP contribution in [0.2, 0.25) is 0 Å². The molecule has 0 saturated carbocycles. The molecule has 2 aromatic heterocycles. The number of piperidine rings is 1. The average Bonchev–Trinajstić information content (AvgIpc) is 2.88. The van der Waals surface area contributed by atoms with Crippen LogP contribution in [0.25, 0.3) is 4.96 Å². The quantitative estimate of drug-likeness (QED) is 0.791. The van der Waals surface area contributed by atoms with Gasteiger partial charge in [0.2, 0.25) is 10.1 Å². The van der Waals surface area contributed by atoms with Crippen LogP contribution in [-0.2, 0) is 4.74 Å². The minimum atomic E-state index is -0.558. The van der Waals surface area contributed by atoms with E-state index in [2.05, 4.69) is 35.8 Å². The van der Waals surface area contributed by atoms with Gasteiger partial charge in [0, 0.05) is 18.2 Å². The van der Waals surface area contributed by atoms with E-state index >= 15 is 0 Å². The van der Waals surface area contributed by atoms with Gasteiger partial charge in [-0.1, -0.05) is 18.3 Å². The molecule has 2 atom stereocenters. The number of anilines is 1. The van der Waals surface area contributed by atoms with Crippen LogP contribution in [0.1, 0.15) is 51.0 Å². The third-order valence-electron chi connectivity index (χ3n) is 4.39. The van der Waals surface area contributed by atoms with Gasteiger partial charge < -0.3 is 9.64 Å². The average molecular weight is 350 g/mol. The Balaban J connectivity index is 2.07. The molecule has 130 valence electrons. The highest BCUT2D eigenvalue weighted by molar-refractivity contribution is 7.20. The first-order chi connectivity index (χ1) is 11.4. The number of carbonyl (C=O) groups is 1. The molecule has 0 aliphatic carbocycles. The van der Waals surface area contributed by atoms with E-state index in [1.807, 2.05) is 0 Å². The number of hydrogen-bond acceptors (Lipinski definition) is 7. The van der Waals surface area contributed by atoms with E-state index in [4.69, 9.17) is 4.74 Å². The van der Waals surface area contributed by atoms with Crippen LogP contribution in [0.4, 0.5) is 5.13 Å². The fourth-order valence-electron chi connectivity index (χ4n) is 3.56. The Labute approximate surface area is 144 Å². The third-order valence-corrected chi connectivity index (χ3v) is 5.31. The van der Waals surface area contributed by atoms with Gasteiger partial charge in [-0.2, -0.15) is 9.50 Å². The molecule has 3 rings (SSSR count). The maximum Gasteiger partial charge on any atom is 0.357 e. The highest BCUT2D eigenvalue weighted by Gasteiger charge is 2.31. The molecule has 0 amide bonds. The van der Waals surface area contributed by atoms with Crippen molar-refractivity contribution in [2.24, 2.45) is 5.92 Å². The van der Waals surface area contributed by atoms with E-state index in [0.29, 0.717) is 23.0 Å². The van der Waals surface area contributed by atoms with E-state index in [0.717, 1.165) is 18.0 Å².